The van der Waals surface area contributed by atoms with Gasteiger partial charge in [-0.1, -0.05) is 19.6 Å². The predicted octanol–water partition coefficient (Wildman–Crippen LogP) is 2.54. The van der Waals surface area contributed by atoms with Crippen molar-refractivity contribution in [2.45, 2.75) is 26.7 Å². The zero-order valence-electron chi connectivity index (χ0n) is 12.1. The Morgan fingerprint density at radius 2 is 1.80 bits per heavy atom. The Kier molecular flexibility index (Phi) is 10.8. The summed E-state index contributed by atoms with van der Waals surface area (Å²) >= 11 is 0. The van der Waals surface area contributed by atoms with Crippen LogP contribution in [0.15, 0.2) is 36.6 Å². The van der Waals surface area contributed by atoms with Gasteiger partial charge in [0.05, 0.1) is 13.0 Å². The predicted molar refractivity (Wildman–Crippen MR) is 75.9 cm³/mol. The van der Waals surface area contributed by atoms with Gasteiger partial charge in [-0.25, -0.2) is 4.79 Å². The fourth-order valence-electron chi connectivity index (χ4n) is 1.23. The van der Waals surface area contributed by atoms with Gasteiger partial charge in [-0.3, -0.25) is 4.79 Å². The molecule has 0 heterocycles. The van der Waals surface area contributed by atoms with Crippen LogP contribution in [0.5, 0.6) is 0 Å². The van der Waals surface area contributed by atoms with E-state index in [-0.39, 0.29) is 25.6 Å². The number of allylic oxidation sites excluding steroid dienone is 2. The van der Waals surface area contributed by atoms with Crippen molar-refractivity contribution >= 4 is 11.9 Å². The molecule has 0 N–H and O–H groups in total. The van der Waals surface area contributed by atoms with Crippen LogP contribution in [0.25, 0.3) is 0 Å². The van der Waals surface area contributed by atoms with Gasteiger partial charge >= 0.3 is 11.9 Å². The first kappa shape index (κ1) is 18.0. The molecule has 0 amide bonds. The quantitative estimate of drug-likeness (QED) is 0.202. The van der Waals surface area contributed by atoms with E-state index in [1.165, 1.54) is 0 Å². The molecule has 5 nitrogen and oxygen atoms in total. The lowest BCUT2D eigenvalue weighted by Gasteiger charge is -2.07. The summed E-state index contributed by atoms with van der Waals surface area (Å²) in [4.78, 5) is 22.0. The fraction of sp³-hybridized carbons (Fsp3) is 0.467. The monoisotopic (exact) mass is 282 g/mol. The van der Waals surface area contributed by atoms with Crippen molar-refractivity contribution in [2.75, 3.05) is 19.8 Å². The van der Waals surface area contributed by atoms with Crippen LogP contribution in [0.3, 0.4) is 0 Å². The van der Waals surface area contributed by atoms with Crippen LogP contribution in [0.1, 0.15) is 26.7 Å². The van der Waals surface area contributed by atoms with Crippen molar-refractivity contribution in [3.05, 3.63) is 36.6 Å². The Hall–Kier alpha value is -2.04. The van der Waals surface area contributed by atoms with Crippen LogP contribution in [0.2, 0.25) is 0 Å². The average molecular weight is 282 g/mol. The molecule has 112 valence electrons. The Bertz CT molecular complexity index is 368. The average Bonchev–Trinajstić information content (AvgIpc) is 2.43. The summed E-state index contributed by atoms with van der Waals surface area (Å²) in [5, 5.41) is 0. The summed E-state index contributed by atoms with van der Waals surface area (Å²) in [7, 11) is 0. The highest BCUT2D eigenvalue weighted by atomic mass is 16.6. The first-order valence-electron chi connectivity index (χ1n) is 6.58. The van der Waals surface area contributed by atoms with E-state index >= 15 is 0 Å². The third kappa shape index (κ3) is 9.94. The summed E-state index contributed by atoms with van der Waals surface area (Å²) in [6.45, 7) is 7.79. The lowest BCUT2D eigenvalue weighted by atomic mass is 10.3. The summed E-state index contributed by atoms with van der Waals surface area (Å²) in [6.07, 6.45) is 7.35. The van der Waals surface area contributed by atoms with E-state index in [1.54, 1.807) is 19.1 Å². The third-order valence-electron chi connectivity index (χ3n) is 2.04. The molecule has 0 radical (unpaired) electrons. The molecule has 0 rings (SSSR count). The fourth-order valence-corrected chi connectivity index (χ4v) is 1.23. The molecule has 0 saturated heterocycles. The molecule has 0 atom stereocenters. The number of rotatable bonds is 10. The topological polar surface area (TPSA) is 61.8 Å². The largest absolute Gasteiger partial charge is 0.490 e. The number of ether oxygens (including phenoxy) is 3. The van der Waals surface area contributed by atoms with E-state index in [9.17, 15) is 9.59 Å². The van der Waals surface area contributed by atoms with Crippen molar-refractivity contribution in [2.24, 2.45) is 0 Å². The van der Waals surface area contributed by atoms with Gasteiger partial charge in [0.1, 0.15) is 19.0 Å². The Labute approximate surface area is 119 Å². The summed E-state index contributed by atoms with van der Waals surface area (Å²) in [5.41, 5.74) is 0. The molecule has 0 unspecified atom stereocenters. The van der Waals surface area contributed by atoms with Crippen LogP contribution in [0, 0.1) is 0 Å². The maximum atomic E-state index is 11.2. The highest BCUT2D eigenvalue weighted by Crippen LogP contribution is 2.03. The molecule has 0 bridgehead atoms. The molecule has 0 aliphatic heterocycles. The number of carbonyl (C=O) groups is 2. The van der Waals surface area contributed by atoms with Crippen LogP contribution in [-0.4, -0.2) is 31.8 Å². The zero-order valence-corrected chi connectivity index (χ0v) is 12.1. The van der Waals surface area contributed by atoms with Gasteiger partial charge in [0.2, 0.25) is 0 Å². The highest BCUT2D eigenvalue weighted by molar-refractivity contribution is 5.81. The number of hydrogen-bond acceptors (Lipinski definition) is 5. The minimum Gasteiger partial charge on any atom is -0.490 e. The SMILES string of the molecule is C=CC(=O)OCCOC(/C=C\CC(=O)OCC)=C/CC. The Balaban J connectivity index is 4.07. The smallest absolute Gasteiger partial charge is 0.330 e. The second-order valence-corrected chi connectivity index (χ2v) is 3.65. The van der Waals surface area contributed by atoms with E-state index in [0.717, 1.165) is 12.5 Å². The molecule has 0 aliphatic rings. The molecule has 0 fully saturated rings. The number of esters is 2. The molecule has 0 aromatic heterocycles. The first-order valence-corrected chi connectivity index (χ1v) is 6.58. The normalized spacial score (nSPS) is 11.2. The zero-order chi connectivity index (χ0) is 15.2. The van der Waals surface area contributed by atoms with Gasteiger partial charge in [0.15, 0.2) is 0 Å². The summed E-state index contributed by atoms with van der Waals surface area (Å²) in [6, 6.07) is 0. The van der Waals surface area contributed by atoms with Crippen molar-refractivity contribution in [1.29, 1.82) is 0 Å². The molecule has 0 aromatic carbocycles. The Morgan fingerprint density at radius 3 is 2.40 bits per heavy atom. The highest BCUT2D eigenvalue weighted by Gasteiger charge is 1.99. The van der Waals surface area contributed by atoms with Crippen LogP contribution >= 0.6 is 0 Å². The Morgan fingerprint density at radius 1 is 1.10 bits per heavy atom. The maximum Gasteiger partial charge on any atom is 0.330 e. The standard InChI is InChI=1S/C15H22O5/c1-4-8-13(9-7-10-15(17)18-6-3)19-11-12-20-14(16)5-2/h5,7-9H,2,4,6,10-12H2,1,3H3/b9-7-,13-8+. The van der Waals surface area contributed by atoms with Crippen molar-refractivity contribution in [3.63, 3.8) is 0 Å². The van der Waals surface area contributed by atoms with Crippen molar-refractivity contribution < 1.29 is 23.8 Å². The van der Waals surface area contributed by atoms with Gasteiger partial charge in [-0.2, -0.15) is 0 Å². The lowest BCUT2D eigenvalue weighted by Crippen LogP contribution is -2.08. The van der Waals surface area contributed by atoms with E-state index < -0.39 is 5.97 Å². The molecule has 0 aromatic rings. The second kappa shape index (κ2) is 12.0. The molecular weight excluding hydrogens is 260 g/mol. The van der Waals surface area contributed by atoms with Gasteiger partial charge in [0.25, 0.3) is 0 Å². The van der Waals surface area contributed by atoms with Crippen LogP contribution in [-0.2, 0) is 23.8 Å². The maximum absolute atomic E-state index is 11.2. The lowest BCUT2D eigenvalue weighted by molar-refractivity contribution is -0.142. The molecule has 0 saturated carbocycles. The van der Waals surface area contributed by atoms with Crippen LogP contribution < -0.4 is 0 Å². The second-order valence-electron chi connectivity index (χ2n) is 3.65. The molecule has 5 heteroatoms. The molecular formula is C15H22O5. The number of hydrogen-bond donors (Lipinski definition) is 0. The van der Waals surface area contributed by atoms with Gasteiger partial charge in [-0.05, 0) is 25.5 Å². The van der Waals surface area contributed by atoms with E-state index in [0.29, 0.717) is 12.4 Å². The molecule has 20 heavy (non-hydrogen) atoms. The molecule has 0 aliphatic carbocycles. The van der Waals surface area contributed by atoms with Crippen molar-refractivity contribution in [1.82, 2.24) is 0 Å². The van der Waals surface area contributed by atoms with Gasteiger partial charge < -0.3 is 14.2 Å². The molecule has 0 spiro atoms. The van der Waals surface area contributed by atoms with Crippen LogP contribution in [0.4, 0.5) is 0 Å². The van der Waals surface area contributed by atoms with E-state index in [4.69, 9.17) is 14.2 Å². The third-order valence-corrected chi connectivity index (χ3v) is 2.04. The summed E-state index contributed by atoms with van der Waals surface area (Å²) in [5.74, 6) is -0.126. The minimum absolute atomic E-state index is 0.150. The van der Waals surface area contributed by atoms with Gasteiger partial charge in [-0.15, -0.1) is 0 Å². The van der Waals surface area contributed by atoms with E-state index in [1.807, 2.05) is 13.0 Å². The minimum atomic E-state index is -0.479. The van der Waals surface area contributed by atoms with Crippen molar-refractivity contribution in [3.8, 4) is 0 Å². The van der Waals surface area contributed by atoms with E-state index in [2.05, 4.69) is 6.58 Å². The summed E-state index contributed by atoms with van der Waals surface area (Å²) < 4.78 is 15.0. The van der Waals surface area contributed by atoms with Gasteiger partial charge in [0, 0.05) is 6.08 Å². The first-order chi connectivity index (χ1) is 9.63. The number of carbonyl (C=O) groups excluding carboxylic acids is 2.